The molecule has 1 fully saturated rings. The zero-order chi connectivity index (χ0) is 13.0. The van der Waals surface area contributed by atoms with Crippen LogP contribution in [0.4, 0.5) is 0 Å². The molecule has 2 N–H and O–H groups in total. The fourth-order valence-corrected chi connectivity index (χ4v) is 2.19. The minimum atomic E-state index is -0.355. The molecule has 0 saturated carbocycles. The average Bonchev–Trinajstić information content (AvgIpc) is 2.86. The van der Waals surface area contributed by atoms with Crippen molar-refractivity contribution in [3.63, 3.8) is 0 Å². The third-order valence-electron chi connectivity index (χ3n) is 3.30. The lowest BCUT2D eigenvalue weighted by Gasteiger charge is -2.35. The third-order valence-corrected chi connectivity index (χ3v) is 3.30. The summed E-state index contributed by atoms with van der Waals surface area (Å²) in [4.78, 5) is 4.23. The van der Waals surface area contributed by atoms with E-state index in [1.165, 1.54) is 0 Å². The third kappa shape index (κ3) is 2.88. The number of nitrogens with two attached hydrogens (primary N) is 1. The van der Waals surface area contributed by atoms with E-state index in [2.05, 4.69) is 23.9 Å². The summed E-state index contributed by atoms with van der Waals surface area (Å²) in [5, 5.41) is 4.19. The molecule has 0 aromatic carbocycles. The van der Waals surface area contributed by atoms with E-state index in [1.54, 1.807) is 6.33 Å². The van der Waals surface area contributed by atoms with E-state index in [0.29, 0.717) is 19.8 Å². The molecule has 102 valence electrons. The molecule has 1 atom stereocenters. The van der Waals surface area contributed by atoms with Gasteiger partial charge in [0.15, 0.2) is 5.82 Å². The van der Waals surface area contributed by atoms with Gasteiger partial charge in [-0.2, -0.15) is 5.10 Å². The summed E-state index contributed by atoms with van der Waals surface area (Å²) in [6.45, 7) is 6.41. The monoisotopic (exact) mass is 254 g/mol. The van der Waals surface area contributed by atoms with E-state index < -0.39 is 0 Å². The fourth-order valence-electron chi connectivity index (χ4n) is 2.19. The van der Waals surface area contributed by atoms with Crippen LogP contribution in [0.3, 0.4) is 0 Å². The Hall–Kier alpha value is -0.980. The molecule has 1 aliphatic heterocycles. The highest BCUT2D eigenvalue weighted by molar-refractivity contribution is 4.89. The quantitative estimate of drug-likeness (QED) is 0.844. The van der Waals surface area contributed by atoms with Crippen LogP contribution in [-0.2, 0) is 16.1 Å². The van der Waals surface area contributed by atoms with Crippen molar-refractivity contribution in [3.05, 3.63) is 12.2 Å². The Balaban J connectivity index is 1.99. The Bertz CT molecular complexity index is 372. The molecule has 0 bridgehead atoms. The summed E-state index contributed by atoms with van der Waals surface area (Å²) in [6, 6.07) is 0.280. The Morgan fingerprint density at radius 3 is 3.06 bits per heavy atom. The first kappa shape index (κ1) is 13.5. The lowest BCUT2D eigenvalue weighted by molar-refractivity contribution is -0.132. The molecule has 2 heterocycles. The van der Waals surface area contributed by atoms with Crippen LogP contribution in [0, 0.1) is 0 Å². The van der Waals surface area contributed by atoms with Crippen molar-refractivity contribution in [3.8, 4) is 0 Å². The summed E-state index contributed by atoms with van der Waals surface area (Å²) in [7, 11) is 0. The second kappa shape index (κ2) is 5.77. The topological polar surface area (TPSA) is 75.2 Å². The fraction of sp³-hybridized carbons (Fsp3) is 0.833. The lowest BCUT2D eigenvalue weighted by Crippen LogP contribution is -2.47. The van der Waals surface area contributed by atoms with Crippen LogP contribution in [0.25, 0.3) is 0 Å². The first-order chi connectivity index (χ1) is 8.67. The van der Waals surface area contributed by atoms with Crippen molar-refractivity contribution in [1.29, 1.82) is 0 Å². The number of aromatic nitrogens is 3. The highest BCUT2D eigenvalue weighted by Crippen LogP contribution is 2.23. The zero-order valence-corrected chi connectivity index (χ0v) is 11.1. The van der Waals surface area contributed by atoms with Crippen LogP contribution in [0.5, 0.6) is 0 Å². The van der Waals surface area contributed by atoms with Crippen molar-refractivity contribution < 1.29 is 9.47 Å². The lowest BCUT2D eigenvalue weighted by atomic mass is 9.96. The highest BCUT2D eigenvalue weighted by Gasteiger charge is 2.33. The van der Waals surface area contributed by atoms with Gasteiger partial charge in [0.1, 0.15) is 18.5 Å². The van der Waals surface area contributed by atoms with Gasteiger partial charge in [-0.15, -0.1) is 0 Å². The van der Waals surface area contributed by atoms with Crippen molar-refractivity contribution in [2.75, 3.05) is 19.8 Å². The Morgan fingerprint density at radius 2 is 2.44 bits per heavy atom. The van der Waals surface area contributed by atoms with Crippen LogP contribution in [0.15, 0.2) is 6.33 Å². The summed E-state index contributed by atoms with van der Waals surface area (Å²) in [5.41, 5.74) is 5.47. The molecule has 1 unspecified atom stereocenters. The number of hydrogen-bond acceptors (Lipinski definition) is 5. The van der Waals surface area contributed by atoms with Gasteiger partial charge in [-0.05, 0) is 26.7 Å². The van der Waals surface area contributed by atoms with Gasteiger partial charge in [-0.1, -0.05) is 0 Å². The first-order valence-corrected chi connectivity index (χ1v) is 6.47. The van der Waals surface area contributed by atoms with Crippen molar-refractivity contribution in [2.45, 2.75) is 44.9 Å². The number of hydrogen-bond donors (Lipinski definition) is 1. The van der Waals surface area contributed by atoms with Crippen molar-refractivity contribution in [1.82, 2.24) is 14.8 Å². The maximum atomic E-state index is 5.98. The second-order valence-electron chi connectivity index (χ2n) is 5.05. The largest absolute Gasteiger partial charge is 0.378 e. The van der Waals surface area contributed by atoms with Gasteiger partial charge >= 0.3 is 0 Å². The summed E-state index contributed by atoms with van der Waals surface area (Å²) in [6.07, 6.45) is 3.50. The Kier molecular flexibility index (Phi) is 4.31. The summed E-state index contributed by atoms with van der Waals surface area (Å²) >= 11 is 0. The highest BCUT2D eigenvalue weighted by atomic mass is 16.5. The predicted molar refractivity (Wildman–Crippen MR) is 67.0 cm³/mol. The number of rotatable bonds is 5. The molecule has 0 amide bonds. The van der Waals surface area contributed by atoms with Gasteiger partial charge in [0.05, 0.1) is 6.61 Å². The molecule has 1 saturated heterocycles. The van der Waals surface area contributed by atoms with Crippen LogP contribution in [0.1, 0.15) is 38.6 Å². The maximum Gasteiger partial charge on any atom is 0.153 e. The number of nitrogens with zero attached hydrogens (tertiary/aromatic N) is 3. The molecule has 2 rings (SSSR count). The molecule has 0 aliphatic carbocycles. The van der Waals surface area contributed by atoms with Gasteiger partial charge in [0, 0.05) is 19.2 Å². The standard InChI is InChI=1S/C12H22N4O2/c1-10(2)16-11(14-9-15-16)6-18-12(7-13)4-3-5-17-8-12/h9-10H,3-8,13H2,1-2H3. The molecule has 6 heteroatoms. The molecule has 1 aromatic rings. The first-order valence-electron chi connectivity index (χ1n) is 6.47. The molecule has 1 aliphatic rings. The van der Waals surface area contributed by atoms with E-state index in [0.717, 1.165) is 25.3 Å². The van der Waals surface area contributed by atoms with Crippen LogP contribution in [0.2, 0.25) is 0 Å². The molecule has 18 heavy (non-hydrogen) atoms. The molecule has 1 aromatic heterocycles. The Labute approximate surface area is 107 Å². The Morgan fingerprint density at radius 1 is 1.61 bits per heavy atom. The van der Waals surface area contributed by atoms with Crippen LogP contribution in [-0.4, -0.2) is 40.1 Å². The van der Waals surface area contributed by atoms with Gasteiger partial charge in [0.25, 0.3) is 0 Å². The predicted octanol–water partition coefficient (Wildman–Crippen LogP) is 0.883. The zero-order valence-electron chi connectivity index (χ0n) is 11.1. The molecular weight excluding hydrogens is 232 g/mol. The molecular formula is C12H22N4O2. The maximum absolute atomic E-state index is 5.98. The van der Waals surface area contributed by atoms with E-state index >= 15 is 0 Å². The van der Waals surface area contributed by atoms with Gasteiger partial charge in [0.2, 0.25) is 0 Å². The molecule has 6 nitrogen and oxygen atoms in total. The van der Waals surface area contributed by atoms with Gasteiger partial charge in [-0.3, -0.25) is 0 Å². The smallest absolute Gasteiger partial charge is 0.153 e. The molecule has 0 spiro atoms. The van der Waals surface area contributed by atoms with E-state index in [4.69, 9.17) is 15.2 Å². The van der Waals surface area contributed by atoms with Crippen LogP contribution >= 0.6 is 0 Å². The van der Waals surface area contributed by atoms with Crippen molar-refractivity contribution >= 4 is 0 Å². The normalized spacial score (nSPS) is 24.7. The minimum Gasteiger partial charge on any atom is -0.378 e. The van der Waals surface area contributed by atoms with Gasteiger partial charge in [-0.25, -0.2) is 9.67 Å². The van der Waals surface area contributed by atoms with Crippen molar-refractivity contribution in [2.24, 2.45) is 5.73 Å². The summed E-state index contributed by atoms with van der Waals surface area (Å²) in [5.74, 6) is 0.836. The van der Waals surface area contributed by atoms with E-state index in [-0.39, 0.29) is 11.6 Å². The second-order valence-corrected chi connectivity index (χ2v) is 5.05. The minimum absolute atomic E-state index is 0.280. The molecule has 0 radical (unpaired) electrons. The van der Waals surface area contributed by atoms with E-state index in [9.17, 15) is 0 Å². The number of ether oxygens (including phenoxy) is 2. The SMILES string of the molecule is CC(C)n1ncnc1COC1(CN)CCCOC1. The summed E-state index contributed by atoms with van der Waals surface area (Å²) < 4.78 is 13.3. The van der Waals surface area contributed by atoms with Crippen LogP contribution < -0.4 is 5.73 Å². The van der Waals surface area contributed by atoms with Gasteiger partial charge < -0.3 is 15.2 Å². The average molecular weight is 254 g/mol. The van der Waals surface area contributed by atoms with E-state index in [1.807, 2.05) is 4.68 Å².